The summed E-state index contributed by atoms with van der Waals surface area (Å²) in [5.74, 6) is 0. The first-order chi connectivity index (χ1) is 10.3. The van der Waals surface area contributed by atoms with Crippen LogP contribution in [-0.4, -0.2) is 46.4 Å². The highest BCUT2D eigenvalue weighted by Gasteiger charge is 2.26. The summed E-state index contributed by atoms with van der Waals surface area (Å²) in [6.07, 6.45) is 3.56. The third kappa shape index (κ3) is 2.89. The van der Waals surface area contributed by atoms with Crippen LogP contribution in [0.2, 0.25) is 0 Å². The minimum absolute atomic E-state index is 0.0825. The van der Waals surface area contributed by atoms with E-state index in [1.807, 2.05) is 29.1 Å². The molecule has 1 atom stereocenters. The zero-order chi connectivity index (χ0) is 14.7. The van der Waals surface area contributed by atoms with Gasteiger partial charge in [0.25, 0.3) is 0 Å². The predicted molar refractivity (Wildman–Crippen MR) is 78.2 cm³/mol. The zero-order valence-electron chi connectivity index (χ0n) is 11.2. The molecule has 3 rings (SSSR count). The van der Waals surface area contributed by atoms with Gasteiger partial charge in [0.2, 0.25) is 0 Å². The first-order valence-electron chi connectivity index (χ1n) is 6.60. The van der Waals surface area contributed by atoms with Gasteiger partial charge < -0.3 is 10.6 Å². The average Bonchev–Trinajstić information content (AvgIpc) is 3.21. The third-order valence-electron chi connectivity index (χ3n) is 3.32. The van der Waals surface area contributed by atoms with Crippen LogP contribution in [0.3, 0.4) is 0 Å². The monoisotopic (exact) mass is 305 g/mol. The first kappa shape index (κ1) is 13.6. The van der Waals surface area contributed by atoms with Crippen molar-refractivity contribution in [1.29, 1.82) is 0 Å². The van der Waals surface area contributed by atoms with E-state index in [1.54, 1.807) is 22.2 Å². The summed E-state index contributed by atoms with van der Waals surface area (Å²) in [5.41, 5.74) is 1.08. The second-order valence-corrected chi connectivity index (χ2v) is 5.41. The Hall–Kier alpha value is -2.35. The molecule has 21 heavy (non-hydrogen) atoms. The summed E-state index contributed by atoms with van der Waals surface area (Å²) in [6.45, 7) is 1.27. The van der Waals surface area contributed by atoms with Crippen molar-refractivity contribution < 1.29 is 9.59 Å². The van der Waals surface area contributed by atoms with Crippen molar-refractivity contribution in [3.63, 3.8) is 0 Å². The summed E-state index contributed by atoms with van der Waals surface area (Å²) in [4.78, 5) is 24.7. The van der Waals surface area contributed by atoms with Gasteiger partial charge in [-0.25, -0.2) is 14.5 Å². The lowest BCUT2D eigenvalue weighted by atomic mass is 10.1. The smallest absolute Gasteiger partial charge is 0.325 e. The van der Waals surface area contributed by atoms with Gasteiger partial charge in [0.15, 0.2) is 0 Å². The van der Waals surface area contributed by atoms with Crippen molar-refractivity contribution in [3.05, 3.63) is 40.8 Å². The Kier molecular flexibility index (Phi) is 3.87. The fraction of sp³-hybridized carbons (Fsp3) is 0.308. The third-order valence-corrected chi connectivity index (χ3v) is 4.02. The van der Waals surface area contributed by atoms with Crippen LogP contribution in [0, 0.1) is 0 Å². The van der Waals surface area contributed by atoms with E-state index >= 15 is 0 Å². The molecule has 1 aliphatic rings. The number of rotatable bonds is 4. The number of nitrogens with zero attached hydrogens (tertiary/aromatic N) is 3. The molecule has 1 aliphatic heterocycles. The molecule has 0 radical (unpaired) electrons. The molecule has 4 amide bonds. The molecule has 0 aliphatic carbocycles. The van der Waals surface area contributed by atoms with Crippen molar-refractivity contribution in [2.75, 3.05) is 19.6 Å². The van der Waals surface area contributed by atoms with Crippen molar-refractivity contribution >= 4 is 23.4 Å². The molecule has 0 saturated carbocycles. The SMILES string of the molecule is O=C1NCCN1C(=O)NC[C@H](c1ccsc1)n1cccn1. The molecule has 3 heterocycles. The van der Waals surface area contributed by atoms with E-state index in [-0.39, 0.29) is 18.1 Å². The molecular formula is C13H15N5O2S. The minimum Gasteiger partial charge on any atom is -0.336 e. The molecule has 1 saturated heterocycles. The molecule has 110 valence electrons. The first-order valence-corrected chi connectivity index (χ1v) is 7.54. The van der Waals surface area contributed by atoms with Gasteiger partial charge >= 0.3 is 12.1 Å². The number of hydrogen-bond acceptors (Lipinski definition) is 4. The number of aromatic nitrogens is 2. The van der Waals surface area contributed by atoms with E-state index in [2.05, 4.69) is 15.7 Å². The van der Waals surface area contributed by atoms with Crippen LogP contribution in [-0.2, 0) is 0 Å². The molecule has 0 unspecified atom stereocenters. The number of imide groups is 1. The standard InChI is InChI=1S/C13H15N5O2S/c19-12-14-4-6-17(12)13(20)15-8-11(10-2-7-21-9-10)18-5-1-3-16-18/h1-3,5,7,9,11H,4,6,8H2,(H,14,19)(H,15,20)/t11-/m1/s1. The predicted octanol–water partition coefficient (Wildman–Crippen LogP) is 1.27. The van der Waals surface area contributed by atoms with Gasteiger partial charge in [0.05, 0.1) is 6.04 Å². The van der Waals surface area contributed by atoms with Crippen LogP contribution >= 0.6 is 11.3 Å². The van der Waals surface area contributed by atoms with E-state index in [0.29, 0.717) is 19.6 Å². The molecule has 2 aromatic rings. The van der Waals surface area contributed by atoms with Gasteiger partial charge in [0, 0.05) is 32.0 Å². The van der Waals surface area contributed by atoms with E-state index in [9.17, 15) is 9.59 Å². The van der Waals surface area contributed by atoms with Gasteiger partial charge in [-0.3, -0.25) is 4.68 Å². The van der Waals surface area contributed by atoms with E-state index < -0.39 is 0 Å². The molecular weight excluding hydrogens is 290 g/mol. The van der Waals surface area contributed by atoms with Crippen molar-refractivity contribution in [3.8, 4) is 0 Å². The Morgan fingerprint density at radius 3 is 3.10 bits per heavy atom. The lowest BCUT2D eigenvalue weighted by molar-refractivity contribution is 0.198. The number of urea groups is 2. The summed E-state index contributed by atoms with van der Waals surface area (Å²) >= 11 is 1.60. The van der Waals surface area contributed by atoms with E-state index in [1.165, 1.54) is 4.90 Å². The number of hydrogen-bond donors (Lipinski definition) is 2. The highest BCUT2D eigenvalue weighted by atomic mass is 32.1. The zero-order valence-corrected chi connectivity index (χ0v) is 12.0. The number of carbonyl (C=O) groups is 2. The largest absolute Gasteiger partial charge is 0.336 e. The van der Waals surface area contributed by atoms with Crippen LogP contribution in [0.25, 0.3) is 0 Å². The molecule has 1 fully saturated rings. The number of carbonyl (C=O) groups excluding carboxylic acids is 2. The van der Waals surface area contributed by atoms with Gasteiger partial charge in [-0.05, 0) is 28.5 Å². The second-order valence-electron chi connectivity index (χ2n) is 4.63. The Balaban J connectivity index is 1.68. The summed E-state index contributed by atoms with van der Waals surface area (Å²) in [5, 5.41) is 13.7. The number of thiophene rings is 1. The van der Waals surface area contributed by atoms with Crippen LogP contribution in [0.1, 0.15) is 11.6 Å². The topological polar surface area (TPSA) is 79.3 Å². The van der Waals surface area contributed by atoms with Crippen LogP contribution in [0.15, 0.2) is 35.3 Å². The Labute approximate surface area is 125 Å². The highest BCUT2D eigenvalue weighted by molar-refractivity contribution is 7.07. The highest BCUT2D eigenvalue weighted by Crippen LogP contribution is 2.19. The fourth-order valence-corrected chi connectivity index (χ4v) is 2.95. The molecule has 7 nitrogen and oxygen atoms in total. The van der Waals surface area contributed by atoms with E-state index in [0.717, 1.165) is 5.56 Å². The molecule has 2 aromatic heterocycles. The maximum atomic E-state index is 12.0. The fourth-order valence-electron chi connectivity index (χ4n) is 2.24. The van der Waals surface area contributed by atoms with Crippen LogP contribution < -0.4 is 10.6 Å². The maximum absolute atomic E-state index is 12.0. The van der Waals surface area contributed by atoms with Gasteiger partial charge in [-0.15, -0.1) is 0 Å². The lowest BCUT2D eigenvalue weighted by Crippen LogP contribution is -2.43. The average molecular weight is 305 g/mol. The number of amides is 4. The van der Waals surface area contributed by atoms with Crippen molar-refractivity contribution in [1.82, 2.24) is 25.3 Å². The van der Waals surface area contributed by atoms with E-state index in [4.69, 9.17) is 0 Å². The van der Waals surface area contributed by atoms with Gasteiger partial charge in [-0.2, -0.15) is 16.4 Å². The van der Waals surface area contributed by atoms with Crippen molar-refractivity contribution in [2.24, 2.45) is 0 Å². The summed E-state index contributed by atoms with van der Waals surface area (Å²) in [7, 11) is 0. The normalized spacial score (nSPS) is 15.8. The quantitative estimate of drug-likeness (QED) is 0.893. The molecule has 0 aromatic carbocycles. The number of nitrogens with one attached hydrogen (secondary N) is 2. The molecule has 0 bridgehead atoms. The van der Waals surface area contributed by atoms with Crippen LogP contribution in [0.4, 0.5) is 9.59 Å². The summed E-state index contributed by atoms with van der Waals surface area (Å²) in [6, 6.07) is 3.04. The minimum atomic E-state index is -0.377. The Morgan fingerprint density at radius 1 is 1.57 bits per heavy atom. The van der Waals surface area contributed by atoms with Gasteiger partial charge in [-0.1, -0.05) is 0 Å². The summed E-state index contributed by atoms with van der Waals surface area (Å²) < 4.78 is 1.80. The second kappa shape index (κ2) is 5.96. The Bertz CT molecular complexity index is 576. The molecule has 0 spiro atoms. The lowest BCUT2D eigenvalue weighted by Gasteiger charge is -2.19. The maximum Gasteiger partial charge on any atom is 0.325 e. The molecule has 2 N–H and O–H groups in total. The molecule has 8 heteroatoms. The van der Waals surface area contributed by atoms with Crippen molar-refractivity contribution in [2.45, 2.75) is 6.04 Å². The van der Waals surface area contributed by atoms with Crippen LogP contribution in [0.5, 0.6) is 0 Å². The Morgan fingerprint density at radius 2 is 2.48 bits per heavy atom. The van der Waals surface area contributed by atoms with Gasteiger partial charge in [0.1, 0.15) is 0 Å².